The number of aromatic nitrogens is 5. The van der Waals surface area contributed by atoms with Gasteiger partial charge >= 0.3 is 6.18 Å². The molecule has 2 aliphatic carbocycles. The van der Waals surface area contributed by atoms with E-state index in [-0.39, 0.29) is 33.4 Å². The van der Waals surface area contributed by atoms with E-state index in [2.05, 4.69) is 20.2 Å². The largest absolute Gasteiger partial charge is 0.401 e. The molecule has 0 saturated heterocycles. The fraction of sp³-hybridized carbons (Fsp3) is 0.536. The lowest BCUT2D eigenvalue weighted by molar-refractivity contribution is -0.151. The van der Waals surface area contributed by atoms with Gasteiger partial charge in [-0.3, -0.25) is 9.30 Å². The van der Waals surface area contributed by atoms with Crippen LogP contribution in [0.15, 0.2) is 46.5 Å². The third-order valence-corrected chi connectivity index (χ3v) is 10.4. The van der Waals surface area contributed by atoms with E-state index in [0.717, 1.165) is 25.7 Å². The Hall–Kier alpha value is -2.99. The summed E-state index contributed by atoms with van der Waals surface area (Å²) in [4.78, 5) is 9.25. The van der Waals surface area contributed by atoms with Gasteiger partial charge in [0.15, 0.2) is 11.3 Å². The Bertz CT molecular complexity index is 1640. The number of sulfone groups is 1. The number of hydrogen-bond donors (Lipinski definition) is 1. The molecule has 2 fully saturated rings. The predicted molar refractivity (Wildman–Crippen MR) is 144 cm³/mol. The summed E-state index contributed by atoms with van der Waals surface area (Å²) in [7, 11) is -4.04. The van der Waals surface area contributed by atoms with Crippen molar-refractivity contribution < 1.29 is 21.6 Å². The minimum Gasteiger partial charge on any atom is -0.345 e. The van der Waals surface area contributed by atoms with Gasteiger partial charge in [0.05, 0.1) is 17.0 Å². The summed E-state index contributed by atoms with van der Waals surface area (Å²) in [5, 5.41) is 8.65. The van der Waals surface area contributed by atoms with Crippen molar-refractivity contribution in [2.24, 2.45) is 11.8 Å². The van der Waals surface area contributed by atoms with Crippen LogP contribution in [-0.4, -0.2) is 63.2 Å². The van der Waals surface area contributed by atoms with Crippen LogP contribution >= 0.6 is 0 Å². The Morgan fingerprint density at radius 3 is 2.60 bits per heavy atom. The van der Waals surface area contributed by atoms with Crippen LogP contribution in [0.1, 0.15) is 62.8 Å². The molecular weight excluding hydrogens is 541 g/mol. The molecule has 3 heterocycles. The average Bonchev–Trinajstić information content (AvgIpc) is 3.26. The molecule has 0 spiro atoms. The third kappa shape index (κ3) is 5.00. The number of aryl methyl sites for hydroxylation is 1. The zero-order chi connectivity index (χ0) is 28.2. The van der Waals surface area contributed by atoms with E-state index in [1.165, 1.54) is 0 Å². The van der Waals surface area contributed by atoms with Crippen molar-refractivity contribution in [1.29, 1.82) is 0 Å². The summed E-state index contributed by atoms with van der Waals surface area (Å²) in [5.74, 6) is 1.04. The van der Waals surface area contributed by atoms with E-state index < -0.39 is 22.6 Å². The van der Waals surface area contributed by atoms with Crippen molar-refractivity contribution in [1.82, 2.24) is 29.5 Å². The van der Waals surface area contributed by atoms with Gasteiger partial charge in [-0.25, -0.2) is 13.4 Å². The summed E-state index contributed by atoms with van der Waals surface area (Å²) in [5.41, 5.74) is 1.74. The van der Waals surface area contributed by atoms with Crippen molar-refractivity contribution in [3.63, 3.8) is 0 Å². The second-order valence-corrected chi connectivity index (χ2v) is 13.2. The van der Waals surface area contributed by atoms with Gasteiger partial charge in [0.1, 0.15) is 5.82 Å². The topological polar surface area (TPSA) is 96.2 Å². The monoisotopic (exact) mass is 574 g/mol. The molecular formula is C28H33F3N6O2S. The van der Waals surface area contributed by atoms with E-state index in [1.54, 1.807) is 52.8 Å². The SMILES string of the molecule is CC[C@@H]1C[C@H](N(CCC2CC2)CC(F)(F)F)C[C@@H]1c1nnc2c(S(=O)(=O)c3ccccc3C)nc3[nH]ccc3n12. The number of alkyl halides is 3. The number of halogens is 3. The Balaban J connectivity index is 1.42. The van der Waals surface area contributed by atoms with Gasteiger partial charge in [-0.15, -0.1) is 10.2 Å². The fourth-order valence-corrected chi connectivity index (χ4v) is 7.91. The first kappa shape index (κ1) is 27.2. The smallest absolute Gasteiger partial charge is 0.345 e. The molecule has 0 radical (unpaired) electrons. The van der Waals surface area contributed by atoms with E-state index in [0.29, 0.717) is 47.9 Å². The minimum atomic E-state index is -4.27. The number of fused-ring (bicyclic) bond motifs is 3. The maximum atomic E-state index is 13.8. The van der Waals surface area contributed by atoms with Gasteiger partial charge in [-0.1, -0.05) is 44.4 Å². The number of nitrogens with one attached hydrogen (secondary N) is 1. The predicted octanol–water partition coefficient (Wildman–Crippen LogP) is 5.68. The van der Waals surface area contributed by atoms with Crippen LogP contribution in [-0.2, 0) is 9.84 Å². The fourth-order valence-electron chi connectivity index (χ4n) is 6.37. The molecule has 214 valence electrons. The van der Waals surface area contributed by atoms with Crippen LogP contribution in [0.4, 0.5) is 13.2 Å². The molecule has 3 aromatic heterocycles. The Kier molecular flexibility index (Phi) is 6.89. The Morgan fingerprint density at radius 1 is 1.12 bits per heavy atom. The Labute approximate surface area is 230 Å². The molecule has 2 saturated carbocycles. The third-order valence-electron chi connectivity index (χ3n) is 8.62. The quantitative estimate of drug-likeness (QED) is 0.276. The normalized spacial score (nSPS) is 22.2. The zero-order valence-corrected chi connectivity index (χ0v) is 23.3. The second kappa shape index (κ2) is 10.1. The van der Waals surface area contributed by atoms with Crippen LogP contribution in [0, 0.1) is 18.8 Å². The molecule has 6 rings (SSSR count). The van der Waals surface area contributed by atoms with Crippen molar-refractivity contribution in [3.05, 3.63) is 47.9 Å². The van der Waals surface area contributed by atoms with Gasteiger partial charge < -0.3 is 4.98 Å². The van der Waals surface area contributed by atoms with Gasteiger partial charge in [-0.05, 0) is 62.3 Å². The summed E-state index contributed by atoms with van der Waals surface area (Å²) in [6, 6.07) is 8.28. The lowest BCUT2D eigenvalue weighted by Crippen LogP contribution is -2.41. The highest BCUT2D eigenvalue weighted by molar-refractivity contribution is 7.91. The first-order valence-corrected chi connectivity index (χ1v) is 15.4. The van der Waals surface area contributed by atoms with Crippen molar-refractivity contribution in [2.45, 2.75) is 80.4 Å². The van der Waals surface area contributed by atoms with Crippen molar-refractivity contribution >= 4 is 26.6 Å². The van der Waals surface area contributed by atoms with E-state index in [4.69, 9.17) is 0 Å². The van der Waals surface area contributed by atoms with E-state index >= 15 is 0 Å². The molecule has 4 aromatic rings. The number of nitrogens with zero attached hydrogens (tertiary/aromatic N) is 5. The molecule has 12 heteroatoms. The van der Waals surface area contributed by atoms with Gasteiger partial charge in [0.25, 0.3) is 0 Å². The summed E-state index contributed by atoms with van der Waals surface area (Å²) in [6.07, 6.45) is 2.32. The lowest BCUT2D eigenvalue weighted by atomic mass is 9.93. The van der Waals surface area contributed by atoms with Crippen LogP contribution in [0.5, 0.6) is 0 Å². The molecule has 0 aliphatic heterocycles. The summed E-state index contributed by atoms with van der Waals surface area (Å²) >= 11 is 0. The summed E-state index contributed by atoms with van der Waals surface area (Å²) in [6.45, 7) is 3.29. The molecule has 1 aromatic carbocycles. The molecule has 0 unspecified atom stereocenters. The minimum absolute atomic E-state index is 0.0904. The first-order valence-electron chi connectivity index (χ1n) is 13.9. The van der Waals surface area contributed by atoms with Crippen LogP contribution in [0.2, 0.25) is 0 Å². The maximum Gasteiger partial charge on any atom is 0.401 e. The maximum absolute atomic E-state index is 13.8. The highest BCUT2D eigenvalue weighted by Gasteiger charge is 2.43. The van der Waals surface area contributed by atoms with Crippen LogP contribution in [0.3, 0.4) is 0 Å². The molecule has 2 aliphatic rings. The van der Waals surface area contributed by atoms with E-state index in [9.17, 15) is 21.6 Å². The molecule has 3 atom stereocenters. The molecule has 1 N–H and O–H groups in total. The van der Waals surface area contributed by atoms with Crippen molar-refractivity contribution in [3.8, 4) is 0 Å². The Morgan fingerprint density at radius 2 is 1.90 bits per heavy atom. The average molecular weight is 575 g/mol. The number of hydrogen-bond acceptors (Lipinski definition) is 6. The van der Waals surface area contributed by atoms with Crippen molar-refractivity contribution in [2.75, 3.05) is 13.1 Å². The van der Waals surface area contributed by atoms with E-state index in [1.807, 2.05) is 6.92 Å². The number of aromatic amines is 1. The molecule has 8 nitrogen and oxygen atoms in total. The molecule has 0 amide bonds. The van der Waals surface area contributed by atoms with Crippen LogP contribution < -0.4 is 0 Å². The molecule has 40 heavy (non-hydrogen) atoms. The first-order chi connectivity index (χ1) is 19.1. The van der Waals surface area contributed by atoms with Gasteiger partial charge in [-0.2, -0.15) is 13.2 Å². The number of benzene rings is 1. The summed E-state index contributed by atoms with van der Waals surface area (Å²) < 4.78 is 70.1. The lowest BCUT2D eigenvalue weighted by Gasteiger charge is -2.30. The standard InChI is InChI=1S/C28H33F3N6O2S/c1-3-19-14-20(36(16-28(29,30)31)13-11-18-8-9-18)15-21(19)25-34-35-26-27(33-24-22(37(25)26)10-12-32-24)40(38,39)23-7-5-4-6-17(23)2/h4-7,10,12,18-21,32H,3,8-9,11,13-16H2,1-2H3/t19-,20+,21+/m1/s1. The van der Waals surface area contributed by atoms with Gasteiger partial charge in [0.2, 0.25) is 14.9 Å². The number of H-pyrrole nitrogens is 1. The highest BCUT2D eigenvalue weighted by atomic mass is 32.2. The number of rotatable bonds is 9. The van der Waals surface area contributed by atoms with Crippen LogP contribution in [0.25, 0.3) is 16.8 Å². The second-order valence-electron chi connectivity index (χ2n) is 11.3. The van der Waals surface area contributed by atoms with Gasteiger partial charge in [0, 0.05) is 18.2 Å². The highest BCUT2D eigenvalue weighted by Crippen LogP contribution is 2.45. The molecule has 0 bridgehead atoms. The zero-order valence-electron chi connectivity index (χ0n) is 22.5.